The maximum atomic E-state index is 12.4. The van der Waals surface area contributed by atoms with Gasteiger partial charge in [-0.1, -0.05) is 0 Å². The second-order valence-corrected chi connectivity index (χ2v) is 9.58. The number of ether oxygens (including phenoxy) is 1. The maximum Gasteiger partial charge on any atom is 0.229 e. The molecule has 1 unspecified atom stereocenters. The second-order valence-electron chi connectivity index (χ2n) is 5.82. The summed E-state index contributed by atoms with van der Waals surface area (Å²) in [5, 5.41) is 0. The van der Waals surface area contributed by atoms with Crippen molar-refractivity contribution in [3.63, 3.8) is 0 Å². The van der Waals surface area contributed by atoms with Gasteiger partial charge in [0.05, 0.1) is 11.2 Å². The first-order chi connectivity index (χ1) is 12.0. The van der Waals surface area contributed by atoms with Crippen molar-refractivity contribution in [2.24, 2.45) is 0 Å². The van der Waals surface area contributed by atoms with Crippen molar-refractivity contribution in [1.82, 2.24) is 0 Å². The van der Waals surface area contributed by atoms with E-state index in [1.54, 1.807) is 6.92 Å². The lowest BCUT2D eigenvalue weighted by atomic mass is 10.1. The Labute approximate surface area is 153 Å². The maximum absolute atomic E-state index is 12.4. The fraction of sp³-hybridized carbons (Fsp3) is 0.235. The predicted molar refractivity (Wildman–Crippen MR) is 98.9 cm³/mol. The minimum absolute atomic E-state index is 0.165. The van der Waals surface area contributed by atoms with Gasteiger partial charge in [0.25, 0.3) is 0 Å². The fourth-order valence-corrected chi connectivity index (χ4v) is 3.37. The molecule has 0 saturated heterocycles. The number of hydrogen-bond acceptors (Lipinski definition) is 6. The molecule has 0 spiro atoms. The van der Waals surface area contributed by atoms with Gasteiger partial charge in [-0.05, 0) is 55.5 Å². The summed E-state index contributed by atoms with van der Waals surface area (Å²) in [4.78, 5) is 12.6. The Bertz CT molecular complexity index is 994. The number of hydrogen-bond donors (Lipinski definition) is 1. The van der Waals surface area contributed by atoms with Gasteiger partial charge >= 0.3 is 0 Å². The largest absolute Gasteiger partial charge is 0.483 e. The van der Waals surface area contributed by atoms with Gasteiger partial charge in [0.15, 0.2) is 15.9 Å². The van der Waals surface area contributed by atoms with E-state index in [0.717, 1.165) is 12.5 Å². The molecular weight excluding hydrogens is 378 g/mol. The lowest BCUT2D eigenvalue weighted by Crippen LogP contribution is -2.24. The third-order valence-electron chi connectivity index (χ3n) is 3.41. The van der Waals surface area contributed by atoms with E-state index >= 15 is 0 Å². The minimum Gasteiger partial charge on any atom is -0.483 e. The van der Waals surface area contributed by atoms with Crippen LogP contribution in [-0.4, -0.2) is 41.2 Å². The van der Waals surface area contributed by atoms with Crippen molar-refractivity contribution in [3.8, 4) is 5.75 Å². The number of benzene rings is 2. The molecular formula is C17H19NO6S2. The predicted octanol–water partition coefficient (Wildman–Crippen LogP) is 2.11. The number of nitrogens with one attached hydrogen (secondary N) is 1. The summed E-state index contributed by atoms with van der Waals surface area (Å²) >= 11 is 0. The van der Waals surface area contributed by atoms with Gasteiger partial charge in [0.1, 0.15) is 5.75 Å². The van der Waals surface area contributed by atoms with E-state index in [-0.39, 0.29) is 10.7 Å². The third kappa shape index (κ3) is 5.57. The molecule has 0 aliphatic heterocycles. The van der Waals surface area contributed by atoms with Gasteiger partial charge in [-0.25, -0.2) is 16.8 Å². The van der Waals surface area contributed by atoms with Crippen molar-refractivity contribution in [3.05, 3.63) is 54.1 Å². The van der Waals surface area contributed by atoms with Gasteiger partial charge < -0.3 is 4.74 Å². The van der Waals surface area contributed by atoms with Gasteiger partial charge in [-0.15, -0.1) is 0 Å². The highest BCUT2D eigenvalue weighted by Gasteiger charge is 2.17. The lowest BCUT2D eigenvalue weighted by Gasteiger charge is -2.14. The van der Waals surface area contributed by atoms with Crippen LogP contribution in [0.4, 0.5) is 5.69 Å². The molecule has 0 aliphatic carbocycles. The molecule has 0 saturated carbocycles. The number of carbonyl (C=O) groups excluding carboxylic acids is 1. The molecule has 26 heavy (non-hydrogen) atoms. The van der Waals surface area contributed by atoms with E-state index in [1.165, 1.54) is 48.5 Å². The van der Waals surface area contributed by atoms with Gasteiger partial charge in [-0.2, -0.15) is 0 Å². The molecule has 140 valence electrons. The minimum atomic E-state index is -3.38. The van der Waals surface area contributed by atoms with Crippen LogP contribution in [0.1, 0.15) is 17.3 Å². The van der Waals surface area contributed by atoms with Crippen LogP contribution >= 0.6 is 0 Å². The quantitative estimate of drug-likeness (QED) is 0.717. The average molecular weight is 397 g/mol. The zero-order valence-corrected chi connectivity index (χ0v) is 16.1. The lowest BCUT2D eigenvalue weighted by molar-refractivity contribution is 0.0818. The van der Waals surface area contributed by atoms with Crippen molar-refractivity contribution in [1.29, 1.82) is 0 Å². The van der Waals surface area contributed by atoms with Crippen LogP contribution in [0.2, 0.25) is 0 Å². The molecule has 0 bridgehead atoms. The molecule has 0 radical (unpaired) electrons. The highest BCUT2D eigenvalue weighted by Crippen LogP contribution is 2.19. The second kappa shape index (κ2) is 7.46. The molecule has 2 aromatic carbocycles. The molecule has 0 aliphatic rings. The first-order valence-corrected chi connectivity index (χ1v) is 11.3. The van der Waals surface area contributed by atoms with Crippen molar-refractivity contribution in [2.75, 3.05) is 17.2 Å². The van der Waals surface area contributed by atoms with Crippen LogP contribution in [-0.2, 0) is 19.9 Å². The highest BCUT2D eigenvalue weighted by atomic mass is 32.2. The summed E-state index contributed by atoms with van der Waals surface area (Å²) in [7, 11) is -6.68. The van der Waals surface area contributed by atoms with Crippen LogP contribution in [0.5, 0.6) is 5.75 Å². The molecule has 9 heteroatoms. The van der Waals surface area contributed by atoms with E-state index in [0.29, 0.717) is 17.0 Å². The van der Waals surface area contributed by atoms with Crippen LogP contribution in [0.25, 0.3) is 0 Å². The third-order valence-corrected chi connectivity index (χ3v) is 5.14. The van der Waals surface area contributed by atoms with Crippen molar-refractivity contribution < 1.29 is 26.4 Å². The molecule has 0 amide bonds. The molecule has 7 nitrogen and oxygen atoms in total. The summed E-state index contributed by atoms with van der Waals surface area (Å²) in [6, 6.07) is 11.8. The number of ketones is 1. The topological polar surface area (TPSA) is 107 Å². The van der Waals surface area contributed by atoms with Gasteiger partial charge in [0, 0.05) is 17.5 Å². The summed E-state index contributed by atoms with van der Waals surface area (Å²) in [5.74, 6) is 0.0803. The van der Waals surface area contributed by atoms with E-state index in [2.05, 4.69) is 4.72 Å². The number of carbonyl (C=O) groups is 1. The Morgan fingerprint density at radius 1 is 0.923 bits per heavy atom. The SMILES string of the molecule is CC(Oc1ccc(S(C)(=O)=O)cc1)C(=O)c1ccc(NS(C)(=O)=O)cc1. The molecule has 1 N–H and O–H groups in total. The Morgan fingerprint density at radius 3 is 1.92 bits per heavy atom. The summed E-state index contributed by atoms with van der Waals surface area (Å²) in [5.41, 5.74) is 0.721. The number of sulfone groups is 1. The van der Waals surface area contributed by atoms with E-state index in [4.69, 9.17) is 4.74 Å². The highest BCUT2D eigenvalue weighted by molar-refractivity contribution is 7.92. The molecule has 2 aromatic rings. The van der Waals surface area contributed by atoms with E-state index < -0.39 is 26.0 Å². The Balaban J connectivity index is 2.07. The Kier molecular flexibility index (Phi) is 5.72. The summed E-state index contributed by atoms with van der Waals surface area (Å²) in [6.07, 6.45) is 1.35. The Morgan fingerprint density at radius 2 is 1.46 bits per heavy atom. The van der Waals surface area contributed by atoms with E-state index in [9.17, 15) is 21.6 Å². The van der Waals surface area contributed by atoms with E-state index in [1.807, 2.05) is 0 Å². The van der Waals surface area contributed by atoms with Crippen molar-refractivity contribution in [2.45, 2.75) is 17.9 Å². The number of rotatable bonds is 7. The molecule has 1 atom stereocenters. The van der Waals surface area contributed by atoms with Crippen LogP contribution < -0.4 is 9.46 Å². The van der Waals surface area contributed by atoms with Crippen LogP contribution in [0.3, 0.4) is 0 Å². The Hall–Kier alpha value is -2.39. The van der Waals surface area contributed by atoms with Gasteiger partial charge in [-0.3, -0.25) is 9.52 Å². The van der Waals surface area contributed by atoms with Crippen LogP contribution in [0, 0.1) is 0 Å². The normalized spacial score (nSPS) is 13.0. The molecule has 0 fully saturated rings. The first-order valence-electron chi connectivity index (χ1n) is 7.54. The molecule has 2 rings (SSSR count). The number of Topliss-reactive ketones (excluding diaryl/α,β-unsaturated/α-hetero) is 1. The van der Waals surface area contributed by atoms with Gasteiger partial charge in [0.2, 0.25) is 15.8 Å². The molecule has 0 aromatic heterocycles. The number of anilines is 1. The fourth-order valence-electron chi connectivity index (χ4n) is 2.17. The summed E-state index contributed by atoms with van der Waals surface area (Å²) < 4.78 is 53.1. The average Bonchev–Trinajstić information content (AvgIpc) is 2.53. The smallest absolute Gasteiger partial charge is 0.229 e. The standard InChI is InChI=1S/C17H19NO6S2/c1-12(24-15-8-10-16(11-9-15)25(2,20)21)17(19)13-4-6-14(7-5-13)18-26(3,22)23/h4-12,18H,1-3H3. The first kappa shape index (κ1) is 19.9. The molecule has 0 heterocycles. The van der Waals surface area contributed by atoms with Crippen molar-refractivity contribution >= 4 is 31.3 Å². The zero-order valence-electron chi connectivity index (χ0n) is 14.5. The van der Waals surface area contributed by atoms with Crippen LogP contribution in [0.15, 0.2) is 53.4 Å². The zero-order chi connectivity index (χ0) is 19.5. The number of sulfonamides is 1. The summed E-state index contributed by atoms with van der Waals surface area (Å²) in [6.45, 7) is 1.58. The monoisotopic (exact) mass is 397 g/mol.